The summed E-state index contributed by atoms with van der Waals surface area (Å²) < 4.78 is 2.35. The van der Waals surface area contributed by atoms with E-state index in [0.29, 0.717) is 0 Å². The molecule has 1 unspecified atom stereocenters. The number of aromatic nitrogens is 1. The van der Waals surface area contributed by atoms with E-state index in [0.717, 1.165) is 22.0 Å². The minimum atomic E-state index is -0.000972. The van der Waals surface area contributed by atoms with Gasteiger partial charge in [0.15, 0.2) is 0 Å². The monoisotopic (exact) mass is 338 g/mol. The van der Waals surface area contributed by atoms with Crippen molar-refractivity contribution in [1.82, 2.24) is 4.98 Å². The normalized spacial score (nSPS) is 13.0. The van der Waals surface area contributed by atoms with Crippen molar-refractivity contribution in [3.05, 3.63) is 50.1 Å². The van der Waals surface area contributed by atoms with E-state index in [1.165, 1.54) is 9.58 Å². The van der Waals surface area contributed by atoms with E-state index in [1.807, 2.05) is 12.3 Å². The third-order valence-corrected chi connectivity index (χ3v) is 5.65. The summed E-state index contributed by atoms with van der Waals surface area (Å²) in [6.45, 7) is 0. The molecule has 3 heterocycles. The van der Waals surface area contributed by atoms with Gasteiger partial charge in [-0.3, -0.25) is 4.98 Å². The van der Waals surface area contributed by atoms with E-state index in [4.69, 9.17) is 5.73 Å². The minimum Gasteiger partial charge on any atom is -0.324 e. The highest BCUT2D eigenvalue weighted by Gasteiger charge is 2.11. The molecule has 1 atom stereocenters. The van der Waals surface area contributed by atoms with Crippen LogP contribution in [-0.2, 0) is 6.42 Å². The van der Waals surface area contributed by atoms with Crippen LogP contribution in [0.15, 0.2) is 39.6 Å². The van der Waals surface area contributed by atoms with Gasteiger partial charge in [0, 0.05) is 28.0 Å². The Morgan fingerprint density at radius 1 is 1.28 bits per heavy atom. The van der Waals surface area contributed by atoms with Crippen LogP contribution in [0.3, 0.4) is 0 Å². The molecule has 0 aliphatic rings. The van der Waals surface area contributed by atoms with Gasteiger partial charge in [0.25, 0.3) is 0 Å². The van der Waals surface area contributed by atoms with Crippen LogP contribution in [0.1, 0.15) is 16.5 Å². The Hall–Kier alpha value is -0.750. The van der Waals surface area contributed by atoms with E-state index < -0.39 is 0 Å². The molecule has 0 aromatic carbocycles. The maximum absolute atomic E-state index is 6.27. The van der Waals surface area contributed by atoms with Crippen LogP contribution in [0.2, 0.25) is 0 Å². The highest BCUT2D eigenvalue weighted by Crippen LogP contribution is 2.28. The molecule has 92 valence electrons. The van der Waals surface area contributed by atoms with Crippen LogP contribution in [-0.4, -0.2) is 4.98 Å². The fourth-order valence-electron chi connectivity index (χ4n) is 1.85. The Morgan fingerprint density at radius 3 is 2.89 bits per heavy atom. The summed E-state index contributed by atoms with van der Waals surface area (Å²) in [5, 5.41) is 4.13. The third-order valence-electron chi connectivity index (χ3n) is 2.85. The standard InChI is InChI=1S/C13H11BrN2S2/c14-9-1-3-17-12(9)6-10(15)8-5-13-11(16-7-8)2-4-18-13/h1-5,7,10H,6,15H2. The number of halogens is 1. The van der Waals surface area contributed by atoms with Crippen molar-refractivity contribution >= 4 is 48.8 Å². The van der Waals surface area contributed by atoms with Gasteiger partial charge in [0.2, 0.25) is 0 Å². The molecular formula is C13H11BrN2S2. The average molecular weight is 339 g/mol. The summed E-state index contributed by atoms with van der Waals surface area (Å²) in [5.41, 5.74) is 8.42. The molecule has 0 saturated heterocycles. The summed E-state index contributed by atoms with van der Waals surface area (Å²) in [5.74, 6) is 0. The van der Waals surface area contributed by atoms with Crippen LogP contribution in [0, 0.1) is 0 Å². The summed E-state index contributed by atoms with van der Waals surface area (Å²) in [7, 11) is 0. The molecule has 5 heteroatoms. The van der Waals surface area contributed by atoms with E-state index in [-0.39, 0.29) is 6.04 Å². The third kappa shape index (κ3) is 2.36. The second-order valence-corrected chi connectivity index (χ2v) is 6.88. The number of fused-ring (bicyclic) bond motifs is 1. The van der Waals surface area contributed by atoms with Gasteiger partial charge in [0.05, 0.1) is 10.2 Å². The molecule has 3 rings (SSSR count). The van der Waals surface area contributed by atoms with E-state index in [1.54, 1.807) is 22.7 Å². The Labute approximate surface area is 122 Å². The number of nitrogens with zero attached hydrogens (tertiary/aromatic N) is 1. The number of rotatable bonds is 3. The van der Waals surface area contributed by atoms with Gasteiger partial charge in [-0.1, -0.05) is 0 Å². The zero-order chi connectivity index (χ0) is 12.5. The van der Waals surface area contributed by atoms with Gasteiger partial charge in [0.1, 0.15) is 0 Å². The number of hydrogen-bond acceptors (Lipinski definition) is 4. The van der Waals surface area contributed by atoms with Gasteiger partial charge in [-0.15, -0.1) is 22.7 Å². The van der Waals surface area contributed by atoms with Gasteiger partial charge >= 0.3 is 0 Å². The van der Waals surface area contributed by atoms with Crippen molar-refractivity contribution in [1.29, 1.82) is 0 Å². The fourth-order valence-corrected chi connectivity index (χ4v) is 4.22. The summed E-state index contributed by atoms with van der Waals surface area (Å²) in [6.07, 6.45) is 2.73. The average Bonchev–Trinajstić information content (AvgIpc) is 2.98. The highest BCUT2D eigenvalue weighted by atomic mass is 79.9. The fraction of sp³-hybridized carbons (Fsp3) is 0.154. The lowest BCUT2D eigenvalue weighted by molar-refractivity contribution is 0.726. The molecule has 3 aromatic rings. The van der Waals surface area contributed by atoms with E-state index in [9.17, 15) is 0 Å². The predicted molar refractivity (Wildman–Crippen MR) is 82.3 cm³/mol. The van der Waals surface area contributed by atoms with Crippen molar-refractivity contribution < 1.29 is 0 Å². The lowest BCUT2D eigenvalue weighted by Gasteiger charge is -2.11. The minimum absolute atomic E-state index is 0.000972. The molecule has 0 bridgehead atoms. The molecule has 2 nitrogen and oxygen atoms in total. The second-order valence-electron chi connectivity index (χ2n) is 4.07. The molecule has 2 N–H and O–H groups in total. The van der Waals surface area contributed by atoms with E-state index in [2.05, 4.69) is 43.8 Å². The summed E-state index contributed by atoms with van der Waals surface area (Å²) >= 11 is 6.98. The molecule has 0 spiro atoms. The van der Waals surface area contributed by atoms with Gasteiger partial charge in [-0.05, 0) is 50.5 Å². The Kier molecular flexibility index (Phi) is 3.48. The first-order chi connectivity index (χ1) is 8.74. The first-order valence-electron chi connectivity index (χ1n) is 5.54. The van der Waals surface area contributed by atoms with Crippen molar-refractivity contribution in [3.8, 4) is 0 Å². The number of nitrogens with two attached hydrogens (primary N) is 1. The van der Waals surface area contributed by atoms with Crippen LogP contribution in [0.5, 0.6) is 0 Å². The molecule has 3 aromatic heterocycles. The Morgan fingerprint density at radius 2 is 2.11 bits per heavy atom. The lowest BCUT2D eigenvalue weighted by atomic mass is 10.1. The molecule has 0 aliphatic carbocycles. The zero-order valence-corrected chi connectivity index (χ0v) is 12.7. The molecule has 0 saturated carbocycles. The largest absolute Gasteiger partial charge is 0.324 e. The van der Waals surface area contributed by atoms with E-state index >= 15 is 0 Å². The second kappa shape index (κ2) is 5.09. The highest BCUT2D eigenvalue weighted by molar-refractivity contribution is 9.10. The smallest absolute Gasteiger partial charge is 0.0809 e. The molecular weight excluding hydrogens is 328 g/mol. The van der Waals surface area contributed by atoms with Crippen LogP contribution in [0.25, 0.3) is 10.2 Å². The predicted octanol–water partition coefficient (Wildman–Crippen LogP) is 4.36. The molecule has 18 heavy (non-hydrogen) atoms. The summed E-state index contributed by atoms with van der Waals surface area (Å²) in [4.78, 5) is 5.72. The van der Waals surface area contributed by atoms with Gasteiger partial charge in [-0.25, -0.2) is 0 Å². The molecule has 0 amide bonds. The quantitative estimate of drug-likeness (QED) is 0.770. The van der Waals surface area contributed by atoms with Crippen LogP contribution < -0.4 is 5.73 Å². The van der Waals surface area contributed by atoms with Crippen molar-refractivity contribution in [2.24, 2.45) is 5.73 Å². The number of pyridine rings is 1. The van der Waals surface area contributed by atoms with Crippen molar-refractivity contribution in [2.45, 2.75) is 12.5 Å². The lowest BCUT2D eigenvalue weighted by Crippen LogP contribution is -2.13. The van der Waals surface area contributed by atoms with Crippen molar-refractivity contribution in [2.75, 3.05) is 0 Å². The van der Waals surface area contributed by atoms with Crippen LogP contribution in [0.4, 0.5) is 0 Å². The van der Waals surface area contributed by atoms with Crippen LogP contribution >= 0.6 is 38.6 Å². The molecule has 0 fully saturated rings. The first kappa shape index (κ1) is 12.3. The topological polar surface area (TPSA) is 38.9 Å². The van der Waals surface area contributed by atoms with Gasteiger partial charge in [-0.2, -0.15) is 0 Å². The summed E-state index contributed by atoms with van der Waals surface area (Å²) in [6, 6.07) is 6.25. The maximum atomic E-state index is 6.27. The maximum Gasteiger partial charge on any atom is 0.0809 e. The Bertz CT molecular complexity index is 674. The van der Waals surface area contributed by atoms with Crippen molar-refractivity contribution in [3.63, 3.8) is 0 Å². The first-order valence-corrected chi connectivity index (χ1v) is 8.10. The number of thiophene rings is 2. The molecule has 0 radical (unpaired) electrons. The molecule has 0 aliphatic heterocycles. The number of hydrogen-bond donors (Lipinski definition) is 1. The van der Waals surface area contributed by atoms with Gasteiger partial charge < -0.3 is 5.73 Å². The SMILES string of the molecule is NC(Cc1sccc1Br)c1cnc2ccsc2c1. The Balaban J connectivity index is 1.87. The zero-order valence-electron chi connectivity index (χ0n) is 9.47.